The van der Waals surface area contributed by atoms with Crippen molar-refractivity contribution in [1.82, 2.24) is 5.43 Å². The number of fused-ring (bicyclic) bond motifs is 1. The SMILES string of the molecule is O=C(Oc1cccc(/C=N/NC(=O)C2COc3ccccc3O2)c1)c1cccc(F)c1. The molecule has 0 aliphatic carbocycles. The monoisotopic (exact) mass is 420 g/mol. The van der Waals surface area contributed by atoms with E-state index in [0.717, 1.165) is 6.07 Å². The Balaban J connectivity index is 1.34. The van der Waals surface area contributed by atoms with Crippen LogP contribution in [-0.4, -0.2) is 30.8 Å². The number of para-hydroxylation sites is 2. The van der Waals surface area contributed by atoms with Crippen molar-refractivity contribution in [3.63, 3.8) is 0 Å². The van der Waals surface area contributed by atoms with Gasteiger partial charge in [-0.3, -0.25) is 4.79 Å². The third kappa shape index (κ3) is 5.05. The average Bonchev–Trinajstić information content (AvgIpc) is 2.79. The molecule has 8 heteroatoms. The van der Waals surface area contributed by atoms with E-state index in [4.69, 9.17) is 14.2 Å². The van der Waals surface area contributed by atoms with Crippen LogP contribution >= 0.6 is 0 Å². The molecule has 0 fully saturated rings. The van der Waals surface area contributed by atoms with Gasteiger partial charge in [-0.1, -0.05) is 30.3 Å². The maximum Gasteiger partial charge on any atom is 0.343 e. The van der Waals surface area contributed by atoms with E-state index in [9.17, 15) is 14.0 Å². The Morgan fingerprint density at radius 3 is 2.68 bits per heavy atom. The first-order chi connectivity index (χ1) is 15.1. The Hall–Kier alpha value is -4.20. The van der Waals surface area contributed by atoms with E-state index < -0.39 is 23.8 Å². The molecule has 1 aliphatic rings. The maximum absolute atomic E-state index is 13.3. The number of amides is 1. The molecule has 1 atom stereocenters. The molecule has 1 aliphatic heterocycles. The zero-order chi connectivity index (χ0) is 21.6. The van der Waals surface area contributed by atoms with Crippen LogP contribution in [0.15, 0.2) is 77.9 Å². The number of benzene rings is 3. The highest BCUT2D eigenvalue weighted by Gasteiger charge is 2.26. The highest BCUT2D eigenvalue weighted by atomic mass is 19.1. The van der Waals surface area contributed by atoms with Gasteiger partial charge in [0.2, 0.25) is 6.10 Å². The Morgan fingerprint density at radius 2 is 1.84 bits per heavy atom. The molecule has 0 bridgehead atoms. The van der Waals surface area contributed by atoms with Gasteiger partial charge in [0.25, 0.3) is 5.91 Å². The van der Waals surface area contributed by atoms with Crippen LogP contribution in [0.4, 0.5) is 4.39 Å². The maximum atomic E-state index is 13.3. The molecular weight excluding hydrogens is 403 g/mol. The number of carbonyl (C=O) groups excluding carboxylic acids is 2. The lowest BCUT2D eigenvalue weighted by Crippen LogP contribution is -2.42. The standard InChI is InChI=1S/C23H17FN2O5/c24-17-7-4-6-16(12-17)23(28)30-18-8-3-5-15(11-18)13-25-26-22(27)21-14-29-19-9-1-2-10-20(19)31-21/h1-13,21H,14H2,(H,26,27)/b25-13+. The van der Waals surface area contributed by atoms with E-state index in [1.165, 1.54) is 24.4 Å². The third-order valence-corrected chi connectivity index (χ3v) is 4.32. The summed E-state index contributed by atoms with van der Waals surface area (Å²) in [5.41, 5.74) is 3.08. The van der Waals surface area contributed by atoms with Crippen LogP contribution in [0.1, 0.15) is 15.9 Å². The van der Waals surface area contributed by atoms with Crippen LogP contribution in [0.3, 0.4) is 0 Å². The van der Waals surface area contributed by atoms with Gasteiger partial charge in [0.15, 0.2) is 11.5 Å². The summed E-state index contributed by atoms with van der Waals surface area (Å²) in [6.07, 6.45) is 0.570. The van der Waals surface area contributed by atoms with Gasteiger partial charge in [-0.25, -0.2) is 14.6 Å². The molecule has 1 heterocycles. The summed E-state index contributed by atoms with van der Waals surface area (Å²) in [4.78, 5) is 24.4. The normalized spacial score (nSPS) is 14.8. The molecule has 1 N–H and O–H groups in total. The molecule has 0 saturated heterocycles. The minimum absolute atomic E-state index is 0.0733. The molecular formula is C23H17FN2O5. The summed E-state index contributed by atoms with van der Waals surface area (Å²) in [6.45, 7) is 0.0733. The molecule has 0 saturated carbocycles. The van der Waals surface area contributed by atoms with Crippen molar-refractivity contribution in [1.29, 1.82) is 0 Å². The fourth-order valence-electron chi connectivity index (χ4n) is 2.83. The fourth-order valence-corrected chi connectivity index (χ4v) is 2.83. The number of nitrogens with one attached hydrogen (secondary N) is 1. The molecule has 7 nitrogen and oxygen atoms in total. The first kappa shape index (κ1) is 20.1. The Bertz CT molecular complexity index is 1150. The highest BCUT2D eigenvalue weighted by Crippen LogP contribution is 2.30. The molecule has 0 spiro atoms. The van der Waals surface area contributed by atoms with Gasteiger partial charge in [-0.05, 0) is 48.0 Å². The number of esters is 1. The van der Waals surface area contributed by atoms with Crippen LogP contribution < -0.4 is 19.6 Å². The number of carbonyl (C=O) groups is 2. The van der Waals surface area contributed by atoms with Gasteiger partial charge < -0.3 is 14.2 Å². The van der Waals surface area contributed by atoms with Gasteiger partial charge in [-0.2, -0.15) is 5.10 Å². The van der Waals surface area contributed by atoms with Crippen LogP contribution in [0.25, 0.3) is 0 Å². The Labute approximate surface area is 177 Å². The van der Waals surface area contributed by atoms with E-state index in [-0.39, 0.29) is 17.9 Å². The van der Waals surface area contributed by atoms with Crippen molar-refractivity contribution in [3.8, 4) is 17.2 Å². The summed E-state index contributed by atoms with van der Waals surface area (Å²) in [5.74, 6) is -0.339. The minimum Gasteiger partial charge on any atom is -0.485 e. The van der Waals surface area contributed by atoms with Crippen molar-refractivity contribution in [2.75, 3.05) is 6.61 Å². The van der Waals surface area contributed by atoms with Gasteiger partial charge in [0.1, 0.15) is 18.2 Å². The third-order valence-electron chi connectivity index (χ3n) is 4.32. The second-order valence-electron chi connectivity index (χ2n) is 6.57. The number of rotatable bonds is 5. The minimum atomic E-state index is -0.828. The smallest absolute Gasteiger partial charge is 0.343 e. The van der Waals surface area contributed by atoms with Crippen LogP contribution in [0, 0.1) is 5.82 Å². The number of hydrazone groups is 1. The largest absolute Gasteiger partial charge is 0.485 e. The lowest BCUT2D eigenvalue weighted by molar-refractivity contribution is -0.130. The Morgan fingerprint density at radius 1 is 1.03 bits per heavy atom. The summed E-state index contributed by atoms with van der Waals surface area (Å²) >= 11 is 0. The van der Waals surface area contributed by atoms with E-state index in [2.05, 4.69) is 10.5 Å². The molecule has 0 radical (unpaired) electrons. The summed E-state index contributed by atoms with van der Waals surface area (Å²) in [5, 5.41) is 3.91. The molecule has 4 rings (SSSR count). The van der Waals surface area contributed by atoms with Gasteiger partial charge in [-0.15, -0.1) is 0 Å². The van der Waals surface area contributed by atoms with Gasteiger partial charge in [0.05, 0.1) is 11.8 Å². The van der Waals surface area contributed by atoms with E-state index in [1.54, 1.807) is 42.5 Å². The molecule has 1 amide bonds. The molecule has 0 aromatic heterocycles. The van der Waals surface area contributed by atoms with E-state index >= 15 is 0 Å². The predicted octanol–water partition coefficient (Wildman–Crippen LogP) is 3.34. The average molecular weight is 420 g/mol. The molecule has 31 heavy (non-hydrogen) atoms. The molecule has 3 aromatic rings. The summed E-state index contributed by atoms with van der Waals surface area (Å²) in [6, 6.07) is 18.8. The topological polar surface area (TPSA) is 86.2 Å². The van der Waals surface area contributed by atoms with Crippen LogP contribution in [0.5, 0.6) is 17.2 Å². The highest BCUT2D eigenvalue weighted by molar-refractivity contribution is 5.91. The van der Waals surface area contributed by atoms with Crippen LogP contribution in [-0.2, 0) is 4.79 Å². The number of hydrogen-bond acceptors (Lipinski definition) is 6. The molecule has 1 unspecified atom stereocenters. The fraction of sp³-hybridized carbons (Fsp3) is 0.0870. The lowest BCUT2D eigenvalue weighted by Gasteiger charge is -2.24. The number of hydrogen-bond donors (Lipinski definition) is 1. The second kappa shape index (κ2) is 9.08. The summed E-state index contributed by atoms with van der Waals surface area (Å²) < 4.78 is 29.7. The quantitative estimate of drug-likeness (QED) is 0.296. The first-order valence-corrected chi connectivity index (χ1v) is 9.38. The molecule has 3 aromatic carbocycles. The zero-order valence-corrected chi connectivity index (χ0v) is 16.2. The van der Waals surface area contributed by atoms with Crippen LogP contribution in [0.2, 0.25) is 0 Å². The zero-order valence-electron chi connectivity index (χ0n) is 16.2. The summed E-state index contributed by atoms with van der Waals surface area (Å²) in [7, 11) is 0. The number of halogens is 1. The van der Waals surface area contributed by atoms with Crippen molar-refractivity contribution in [2.45, 2.75) is 6.10 Å². The number of ether oxygens (including phenoxy) is 3. The molecule has 156 valence electrons. The van der Waals surface area contributed by atoms with Gasteiger partial charge >= 0.3 is 5.97 Å². The number of nitrogens with zero attached hydrogens (tertiary/aromatic N) is 1. The van der Waals surface area contributed by atoms with Gasteiger partial charge in [0, 0.05) is 0 Å². The lowest BCUT2D eigenvalue weighted by atomic mass is 10.2. The van der Waals surface area contributed by atoms with E-state index in [1.807, 2.05) is 6.07 Å². The van der Waals surface area contributed by atoms with E-state index in [0.29, 0.717) is 17.1 Å². The predicted molar refractivity (Wildman–Crippen MR) is 110 cm³/mol. The first-order valence-electron chi connectivity index (χ1n) is 9.38. The second-order valence-corrected chi connectivity index (χ2v) is 6.57. The van der Waals surface area contributed by atoms with Crippen molar-refractivity contribution in [2.24, 2.45) is 5.10 Å². The van der Waals surface area contributed by atoms with Crippen molar-refractivity contribution in [3.05, 3.63) is 89.7 Å². The Kier molecular flexibility index (Phi) is 5.89. The van der Waals surface area contributed by atoms with Crippen molar-refractivity contribution < 1.29 is 28.2 Å². The van der Waals surface area contributed by atoms with Crippen molar-refractivity contribution >= 4 is 18.1 Å².